The molecule has 0 unspecified atom stereocenters. The predicted molar refractivity (Wildman–Crippen MR) is 58.6 cm³/mol. The molecule has 0 aliphatic heterocycles. The van der Waals surface area contributed by atoms with Crippen LogP contribution in [-0.4, -0.2) is 11.7 Å². The third-order valence-electron chi connectivity index (χ3n) is 2.26. The molecular formula is C12H15NO2. The fourth-order valence-corrected chi connectivity index (χ4v) is 1.51. The van der Waals surface area contributed by atoms with Gasteiger partial charge in [-0.15, -0.1) is 0 Å². The van der Waals surface area contributed by atoms with E-state index in [0.717, 1.165) is 18.4 Å². The van der Waals surface area contributed by atoms with Crippen molar-refractivity contribution in [2.24, 2.45) is 5.73 Å². The Labute approximate surface area is 89.3 Å². The summed E-state index contributed by atoms with van der Waals surface area (Å²) in [6.07, 6.45) is 2.03. The highest BCUT2D eigenvalue weighted by atomic mass is 16.1. The van der Waals surface area contributed by atoms with Gasteiger partial charge in [0.1, 0.15) is 5.78 Å². The molecule has 0 spiro atoms. The van der Waals surface area contributed by atoms with E-state index in [0.29, 0.717) is 12.0 Å². The maximum Gasteiger partial charge on any atom is 0.248 e. The number of hydrogen-bond acceptors (Lipinski definition) is 2. The van der Waals surface area contributed by atoms with Gasteiger partial charge in [-0.1, -0.05) is 18.2 Å². The minimum atomic E-state index is -0.409. The average molecular weight is 205 g/mol. The third kappa shape index (κ3) is 3.54. The summed E-state index contributed by atoms with van der Waals surface area (Å²) in [6, 6.07) is 7.25. The number of aryl methyl sites for hydroxylation is 1. The van der Waals surface area contributed by atoms with Crippen molar-refractivity contribution in [3.8, 4) is 0 Å². The van der Waals surface area contributed by atoms with Crippen molar-refractivity contribution < 1.29 is 9.59 Å². The monoisotopic (exact) mass is 205 g/mol. The Morgan fingerprint density at radius 1 is 1.27 bits per heavy atom. The van der Waals surface area contributed by atoms with Crippen LogP contribution in [-0.2, 0) is 11.2 Å². The molecule has 0 aromatic heterocycles. The van der Waals surface area contributed by atoms with Gasteiger partial charge >= 0.3 is 0 Å². The van der Waals surface area contributed by atoms with Crippen LogP contribution in [0.3, 0.4) is 0 Å². The molecule has 0 saturated heterocycles. The van der Waals surface area contributed by atoms with E-state index < -0.39 is 5.91 Å². The summed E-state index contributed by atoms with van der Waals surface area (Å²) in [5, 5.41) is 0. The number of amides is 1. The van der Waals surface area contributed by atoms with Gasteiger partial charge in [0.2, 0.25) is 5.91 Å². The van der Waals surface area contributed by atoms with Crippen LogP contribution in [0.25, 0.3) is 0 Å². The molecule has 0 aliphatic carbocycles. The average Bonchev–Trinajstić information content (AvgIpc) is 2.17. The second kappa shape index (κ2) is 5.29. The molecule has 0 bridgehead atoms. The zero-order valence-corrected chi connectivity index (χ0v) is 8.82. The molecule has 0 fully saturated rings. The van der Waals surface area contributed by atoms with Gasteiger partial charge in [0.25, 0.3) is 0 Å². The summed E-state index contributed by atoms with van der Waals surface area (Å²) in [5.74, 6) is -0.236. The van der Waals surface area contributed by atoms with Crippen molar-refractivity contribution in [3.05, 3.63) is 35.4 Å². The Kier molecular flexibility index (Phi) is 4.03. The van der Waals surface area contributed by atoms with E-state index in [9.17, 15) is 9.59 Å². The molecule has 3 heteroatoms. The van der Waals surface area contributed by atoms with Crippen molar-refractivity contribution in [2.75, 3.05) is 0 Å². The summed E-state index contributed by atoms with van der Waals surface area (Å²) in [7, 11) is 0. The van der Waals surface area contributed by atoms with Crippen molar-refractivity contribution >= 4 is 11.7 Å². The van der Waals surface area contributed by atoms with Gasteiger partial charge in [-0.3, -0.25) is 4.79 Å². The lowest BCUT2D eigenvalue weighted by Gasteiger charge is -2.05. The summed E-state index contributed by atoms with van der Waals surface area (Å²) < 4.78 is 0. The van der Waals surface area contributed by atoms with E-state index in [1.165, 1.54) is 0 Å². The first-order valence-electron chi connectivity index (χ1n) is 4.98. The zero-order valence-electron chi connectivity index (χ0n) is 8.82. The van der Waals surface area contributed by atoms with E-state index >= 15 is 0 Å². The molecule has 1 aromatic rings. The molecule has 0 radical (unpaired) electrons. The Hall–Kier alpha value is -1.64. The quantitative estimate of drug-likeness (QED) is 0.795. The van der Waals surface area contributed by atoms with Crippen molar-refractivity contribution in [2.45, 2.75) is 26.2 Å². The van der Waals surface area contributed by atoms with Crippen LogP contribution >= 0.6 is 0 Å². The first kappa shape index (κ1) is 11.4. The number of hydrogen-bond donors (Lipinski definition) is 1. The minimum Gasteiger partial charge on any atom is -0.366 e. The maximum absolute atomic E-state index is 11.1. The van der Waals surface area contributed by atoms with E-state index in [-0.39, 0.29) is 5.78 Å². The van der Waals surface area contributed by atoms with Gasteiger partial charge in [0.05, 0.1) is 0 Å². The molecule has 80 valence electrons. The summed E-state index contributed by atoms with van der Waals surface area (Å²) >= 11 is 0. The normalized spacial score (nSPS) is 9.93. The van der Waals surface area contributed by atoms with Crippen LogP contribution in [0.4, 0.5) is 0 Å². The molecule has 0 aliphatic rings. The SMILES string of the molecule is CC(=O)CCCc1ccccc1C(N)=O. The van der Waals surface area contributed by atoms with Gasteiger partial charge in [-0.2, -0.15) is 0 Å². The summed E-state index contributed by atoms with van der Waals surface area (Å²) in [6.45, 7) is 1.57. The lowest BCUT2D eigenvalue weighted by molar-refractivity contribution is -0.117. The fourth-order valence-electron chi connectivity index (χ4n) is 1.51. The second-order valence-electron chi connectivity index (χ2n) is 3.58. The Morgan fingerprint density at radius 3 is 2.53 bits per heavy atom. The van der Waals surface area contributed by atoms with E-state index in [4.69, 9.17) is 5.73 Å². The largest absolute Gasteiger partial charge is 0.366 e. The molecule has 0 heterocycles. The van der Waals surface area contributed by atoms with Crippen LogP contribution in [0.1, 0.15) is 35.7 Å². The predicted octanol–water partition coefficient (Wildman–Crippen LogP) is 1.70. The number of carbonyl (C=O) groups excluding carboxylic acids is 2. The Balaban J connectivity index is 2.67. The van der Waals surface area contributed by atoms with Crippen LogP contribution in [0.2, 0.25) is 0 Å². The standard InChI is InChI=1S/C12H15NO2/c1-9(14)5-4-7-10-6-2-3-8-11(10)12(13)15/h2-3,6,8H,4-5,7H2,1H3,(H2,13,15). The number of primary amides is 1. The molecule has 0 saturated carbocycles. The Bertz CT molecular complexity index is 372. The molecular weight excluding hydrogens is 190 g/mol. The van der Waals surface area contributed by atoms with Gasteiger partial charge in [-0.25, -0.2) is 0 Å². The number of carbonyl (C=O) groups is 2. The van der Waals surface area contributed by atoms with Gasteiger partial charge in [-0.05, 0) is 31.4 Å². The molecule has 2 N–H and O–H groups in total. The van der Waals surface area contributed by atoms with Gasteiger partial charge < -0.3 is 10.5 Å². The fraction of sp³-hybridized carbons (Fsp3) is 0.333. The maximum atomic E-state index is 11.1. The summed E-state index contributed by atoms with van der Waals surface area (Å²) in [4.78, 5) is 21.8. The van der Waals surface area contributed by atoms with E-state index in [2.05, 4.69) is 0 Å². The first-order valence-corrected chi connectivity index (χ1v) is 4.98. The van der Waals surface area contributed by atoms with Crippen LogP contribution in [0, 0.1) is 0 Å². The van der Waals surface area contributed by atoms with Gasteiger partial charge in [0.15, 0.2) is 0 Å². The number of nitrogens with two attached hydrogens (primary N) is 1. The first-order chi connectivity index (χ1) is 7.11. The third-order valence-corrected chi connectivity index (χ3v) is 2.26. The van der Waals surface area contributed by atoms with Crippen molar-refractivity contribution in [3.63, 3.8) is 0 Å². The minimum absolute atomic E-state index is 0.173. The molecule has 15 heavy (non-hydrogen) atoms. The highest BCUT2D eigenvalue weighted by Crippen LogP contribution is 2.11. The van der Waals surface area contributed by atoms with Crippen LogP contribution in [0.5, 0.6) is 0 Å². The van der Waals surface area contributed by atoms with E-state index in [1.807, 2.05) is 12.1 Å². The molecule has 0 atom stereocenters. The number of rotatable bonds is 5. The zero-order chi connectivity index (χ0) is 11.3. The number of benzene rings is 1. The highest BCUT2D eigenvalue weighted by molar-refractivity contribution is 5.94. The molecule has 1 aromatic carbocycles. The molecule has 3 nitrogen and oxygen atoms in total. The van der Waals surface area contributed by atoms with Crippen LogP contribution in [0.15, 0.2) is 24.3 Å². The smallest absolute Gasteiger partial charge is 0.248 e. The van der Waals surface area contributed by atoms with Crippen molar-refractivity contribution in [1.82, 2.24) is 0 Å². The number of Topliss-reactive ketones (excluding diaryl/α,β-unsaturated/α-hetero) is 1. The lowest BCUT2D eigenvalue weighted by atomic mass is 10.0. The number of ketones is 1. The van der Waals surface area contributed by atoms with E-state index in [1.54, 1.807) is 19.1 Å². The highest BCUT2D eigenvalue weighted by Gasteiger charge is 2.06. The molecule has 1 rings (SSSR count). The topological polar surface area (TPSA) is 60.2 Å². The van der Waals surface area contributed by atoms with Crippen LogP contribution < -0.4 is 5.73 Å². The van der Waals surface area contributed by atoms with Crippen molar-refractivity contribution in [1.29, 1.82) is 0 Å². The summed E-state index contributed by atoms with van der Waals surface area (Å²) in [5.41, 5.74) is 6.72. The Morgan fingerprint density at radius 2 is 1.93 bits per heavy atom. The lowest BCUT2D eigenvalue weighted by Crippen LogP contribution is -2.13. The van der Waals surface area contributed by atoms with Gasteiger partial charge in [0, 0.05) is 12.0 Å². The molecule has 1 amide bonds. The second-order valence-corrected chi connectivity index (χ2v) is 3.58.